The first-order chi connectivity index (χ1) is 10.1. The second-order valence-electron chi connectivity index (χ2n) is 6.18. The number of thiazole rings is 1. The molecule has 1 aliphatic heterocycles. The third kappa shape index (κ3) is 5.08. The Morgan fingerprint density at radius 3 is 2.76 bits per heavy atom. The van der Waals surface area contributed by atoms with E-state index in [2.05, 4.69) is 34.4 Å². The highest BCUT2D eigenvalue weighted by Gasteiger charge is 2.25. The molecule has 1 aromatic rings. The van der Waals surface area contributed by atoms with Crippen molar-refractivity contribution < 1.29 is 4.79 Å². The summed E-state index contributed by atoms with van der Waals surface area (Å²) in [4.78, 5) is 19.0. The molecule has 21 heavy (non-hydrogen) atoms. The highest BCUT2D eigenvalue weighted by atomic mass is 32.1. The van der Waals surface area contributed by atoms with E-state index in [1.165, 1.54) is 5.01 Å². The van der Waals surface area contributed by atoms with Gasteiger partial charge in [0.2, 0.25) is 5.91 Å². The molecule has 1 aliphatic rings. The Kier molecular flexibility index (Phi) is 6.18. The molecule has 1 saturated heterocycles. The number of likely N-dealkylation sites (tertiary alicyclic amines) is 1. The van der Waals surface area contributed by atoms with Crippen LogP contribution in [0.1, 0.15) is 43.8 Å². The van der Waals surface area contributed by atoms with Crippen LogP contribution in [0.5, 0.6) is 0 Å². The minimum atomic E-state index is 0.210. The van der Waals surface area contributed by atoms with Crippen molar-refractivity contribution in [2.45, 2.75) is 52.5 Å². The molecule has 5 heteroatoms. The molecule has 0 atom stereocenters. The first kappa shape index (κ1) is 16.4. The second kappa shape index (κ2) is 7.90. The SMILES string of the molecule is Cc1csc(CCCNC(=O)C2CCN(C(C)C)CC2)n1. The van der Waals surface area contributed by atoms with Gasteiger partial charge in [0, 0.05) is 36.0 Å². The van der Waals surface area contributed by atoms with Gasteiger partial charge in [-0.15, -0.1) is 11.3 Å². The molecule has 4 nitrogen and oxygen atoms in total. The molecule has 1 N–H and O–H groups in total. The topological polar surface area (TPSA) is 45.2 Å². The summed E-state index contributed by atoms with van der Waals surface area (Å²) < 4.78 is 0. The summed E-state index contributed by atoms with van der Waals surface area (Å²) in [6.07, 6.45) is 3.93. The van der Waals surface area contributed by atoms with Crippen molar-refractivity contribution >= 4 is 17.2 Å². The van der Waals surface area contributed by atoms with Crippen molar-refractivity contribution in [1.82, 2.24) is 15.2 Å². The summed E-state index contributed by atoms with van der Waals surface area (Å²) in [6.45, 7) is 9.33. The maximum atomic E-state index is 12.1. The van der Waals surface area contributed by atoms with Gasteiger partial charge in [-0.25, -0.2) is 4.98 Å². The largest absolute Gasteiger partial charge is 0.356 e. The van der Waals surface area contributed by atoms with Crippen molar-refractivity contribution in [1.29, 1.82) is 0 Å². The van der Waals surface area contributed by atoms with Crippen molar-refractivity contribution in [3.05, 3.63) is 16.1 Å². The molecule has 118 valence electrons. The van der Waals surface area contributed by atoms with Gasteiger partial charge in [0.1, 0.15) is 0 Å². The molecule has 0 unspecified atom stereocenters. The van der Waals surface area contributed by atoms with Crippen LogP contribution < -0.4 is 5.32 Å². The van der Waals surface area contributed by atoms with Crippen LogP contribution in [-0.2, 0) is 11.2 Å². The molecule has 2 heterocycles. The van der Waals surface area contributed by atoms with Gasteiger partial charge in [0.25, 0.3) is 0 Å². The minimum absolute atomic E-state index is 0.210. The summed E-state index contributed by atoms with van der Waals surface area (Å²) >= 11 is 1.71. The zero-order valence-corrected chi connectivity index (χ0v) is 14.2. The van der Waals surface area contributed by atoms with Crippen molar-refractivity contribution in [3.8, 4) is 0 Å². The van der Waals surface area contributed by atoms with Crippen molar-refractivity contribution in [2.75, 3.05) is 19.6 Å². The van der Waals surface area contributed by atoms with Gasteiger partial charge in [-0.1, -0.05) is 0 Å². The first-order valence-corrected chi connectivity index (χ1v) is 8.87. The summed E-state index contributed by atoms with van der Waals surface area (Å²) in [5.74, 6) is 0.454. The Balaban J connectivity index is 1.62. The number of nitrogens with zero attached hydrogens (tertiary/aromatic N) is 2. The number of piperidine rings is 1. The van der Waals surface area contributed by atoms with Crippen LogP contribution in [0.2, 0.25) is 0 Å². The number of rotatable bonds is 6. The van der Waals surface area contributed by atoms with E-state index in [0.717, 1.165) is 51.0 Å². The molecule has 1 fully saturated rings. The van der Waals surface area contributed by atoms with Gasteiger partial charge >= 0.3 is 0 Å². The molecule has 1 aromatic heterocycles. The smallest absolute Gasteiger partial charge is 0.223 e. The number of carbonyl (C=O) groups is 1. The average Bonchev–Trinajstić information content (AvgIpc) is 2.89. The van der Waals surface area contributed by atoms with Gasteiger partial charge in [-0.3, -0.25) is 4.79 Å². The summed E-state index contributed by atoms with van der Waals surface area (Å²) in [7, 11) is 0. The number of hydrogen-bond donors (Lipinski definition) is 1. The second-order valence-corrected chi connectivity index (χ2v) is 7.12. The van der Waals surface area contributed by atoms with E-state index in [1.807, 2.05) is 6.92 Å². The Bertz CT molecular complexity index is 450. The average molecular weight is 309 g/mol. The predicted octanol–water partition coefficient (Wildman–Crippen LogP) is 2.62. The molecular formula is C16H27N3OS. The summed E-state index contributed by atoms with van der Waals surface area (Å²) in [6, 6.07) is 0.593. The summed E-state index contributed by atoms with van der Waals surface area (Å²) in [5, 5.41) is 6.35. The molecular weight excluding hydrogens is 282 g/mol. The standard InChI is InChI=1S/C16H27N3OS/c1-12(2)19-9-6-14(7-10-19)16(20)17-8-4-5-15-18-13(3)11-21-15/h11-12,14H,4-10H2,1-3H3,(H,17,20). The lowest BCUT2D eigenvalue weighted by Crippen LogP contribution is -2.43. The van der Waals surface area contributed by atoms with Gasteiger partial charge in [-0.2, -0.15) is 0 Å². The van der Waals surface area contributed by atoms with Gasteiger partial charge < -0.3 is 10.2 Å². The van der Waals surface area contributed by atoms with Crippen molar-refractivity contribution in [2.24, 2.45) is 5.92 Å². The molecule has 0 saturated carbocycles. The fourth-order valence-electron chi connectivity index (χ4n) is 2.79. The van der Waals surface area contributed by atoms with E-state index in [4.69, 9.17) is 0 Å². The van der Waals surface area contributed by atoms with Crippen LogP contribution in [0.4, 0.5) is 0 Å². The zero-order valence-electron chi connectivity index (χ0n) is 13.4. The van der Waals surface area contributed by atoms with Crippen LogP contribution in [-0.4, -0.2) is 41.5 Å². The maximum Gasteiger partial charge on any atom is 0.223 e. The fraction of sp³-hybridized carbons (Fsp3) is 0.750. The zero-order chi connectivity index (χ0) is 15.2. The van der Waals surface area contributed by atoms with E-state index in [-0.39, 0.29) is 11.8 Å². The maximum absolute atomic E-state index is 12.1. The Morgan fingerprint density at radius 2 is 2.19 bits per heavy atom. The first-order valence-electron chi connectivity index (χ1n) is 7.99. The van der Waals surface area contributed by atoms with Gasteiger partial charge in [0.15, 0.2) is 0 Å². The minimum Gasteiger partial charge on any atom is -0.356 e. The van der Waals surface area contributed by atoms with Crippen LogP contribution in [0.3, 0.4) is 0 Å². The highest BCUT2D eigenvalue weighted by Crippen LogP contribution is 2.19. The van der Waals surface area contributed by atoms with Crippen LogP contribution in [0, 0.1) is 12.8 Å². The van der Waals surface area contributed by atoms with E-state index in [9.17, 15) is 4.79 Å². The normalized spacial score (nSPS) is 17.3. The Labute approximate surface area is 132 Å². The number of nitrogens with one attached hydrogen (secondary N) is 1. The third-order valence-electron chi connectivity index (χ3n) is 4.16. The lowest BCUT2D eigenvalue weighted by molar-refractivity contribution is -0.126. The lowest BCUT2D eigenvalue weighted by Gasteiger charge is -2.33. The molecule has 0 aliphatic carbocycles. The number of carbonyl (C=O) groups excluding carboxylic acids is 1. The lowest BCUT2D eigenvalue weighted by atomic mass is 9.95. The fourth-order valence-corrected chi connectivity index (χ4v) is 3.61. The van der Waals surface area contributed by atoms with Crippen LogP contribution >= 0.6 is 11.3 Å². The summed E-state index contributed by atoms with van der Waals surface area (Å²) in [5.41, 5.74) is 1.09. The predicted molar refractivity (Wildman–Crippen MR) is 87.6 cm³/mol. The van der Waals surface area contributed by atoms with Gasteiger partial charge in [0.05, 0.1) is 5.01 Å². The molecule has 0 aromatic carbocycles. The molecule has 0 radical (unpaired) electrons. The van der Waals surface area contributed by atoms with E-state index >= 15 is 0 Å². The number of hydrogen-bond acceptors (Lipinski definition) is 4. The number of amides is 1. The van der Waals surface area contributed by atoms with E-state index in [0.29, 0.717) is 6.04 Å². The highest BCUT2D eigenvalue weighted by molar-refractivity contribution is 7.09. The Morgan fingerprint density at radius 1 is 1.48 bits per heavy atom. The molecule has 1 amide bonds. The number of aryl methyl sites for hydroxylation is 2. The van der Waals surface area contributed by atoms with Crippen LogP contribution in [0.25, 0.3) is 0 Å². The monoisotopic (exact) mass is 309 g/mol. The number of aromatic nitrogens is 1. The Hall–Kier alpha value is -0.940. The molecule has 2 rings (SSSR count). The van der Waals surface area contributed by atoms with Crippen LogP contribution in [0.15, 0.2) is 5.38 Å². The molecule has 0 spiro atoms. The third-order valence-corrected chi connectivity index (χ3v) is 5.19. The molecule has 0 bridgehead atoms. The van der Waals surface area contributed by atoms with E-state index in [1.54, 1.807) is 11.3 Å². The van der Waals surface area contributed by atoms with Gasteiger partial charge in [-0.05, 0) is 53.1 Å². The van der Waals surface area contributed by atoms with Crippen molar-refractivity contribution in [3.63, 3.8) is 0 Å². The van der Waals surface area contributed by atoms with E-state index < -0.39 is 0 Å². The quantitative estimate of drug-likeness (QED) is 0.822.